The first-order valence-electron chi connectivity index (χ1n) is 9.92. The van der Waals surface area contributed by atoms with Gasteiger partial charge in [0.25, 0.3) is 11.8 Å². The van der Waals surface area contributed by atoms with Crippen molar-refractivity contribution in [1.82, 2.24) is 10.4 Å². The highest BCUT2D eigenvalue weighted by Crippen LogP contribution is 2.23. The molecule has 2 amide bonds. The Balaban J connectivity index is 1.63. The summed E-state index contributed by atoms with van der Waals surface area (Å²) >= 11 is 5.96. The molecule has 0 spiro atoms. The fourth-order valence-electron chi connectivity index (χ4n) is 2.82. The fraction of sp³-hybridized carbons (Fsp3) is 0.167. The van der Waals surface area contributed by atoms with E-state index in [1.165, 1.54) is 12.4 Å². The number of hydrogen-bond donors (Lipinski definition) is 2. The summed E-state index contributed by atoms with van der Waals surface area (Å²) in [6, 6.07) is 15.6. The molecule has 3 aromatic rings. The molecule has 1 aromatic heterocycles. The van der Waals surface area contributed by atoms with Crippen molar-refractivity contribution >= 4 is 34.8 Å². The second kappa shape index (κ2) is 10.5. The smallest absolute Gasteiger partial charge is 0.271 e. The monoisotopic (exact) mass is 450 g/mol. The number of pyridine rings is 1. The second-order valence-corrected chi connectivity index (χ2v) is 7.55. The van der Waals surface area contributed by atoms with Gasteiger partial charge in [0.2, 0.25) is 0 Å². The van der Waals surface area contributed by atoms with Crippen molar-refractivity contribution in [2.24, 2.45) is 5.10 Å². The minimum absolute atomic E-state index is 0.294. The van der Waals surface area contributed by atoms with Crippen LogP contribution in [0.4, 0.5) is 5.69 Å². The summed E-state index contributed by atoms with van der Waals surface area (Å²) < 4.78 is 5.77. The SMILES string of the molecule is CC(=NNC(=O)c1ccncc1)c1cccc(NC(=O)C(C)Oc2ccc(Cl)cc2C)c1. The molecule has 0 bridgehead atoms. The van der Waals surface area contributed by atoms with Crippen LogP contribution in [-0.2, 0) is 4.79 Å². The molecule has 8 heteroatoms. The average Bonchev–Trinajstić information content (AvgIpc) is 2.79. The summed E-state index contributed by atoms with van der Waals surface area (Å²) in [6.07, 6.45) is 2.36. The summed E-state index contributed by atoms with van der Waals surface area (Å²) in [5.74, 6) is -0.0320. The van der Waals surface area contributed by atoms with E-state index in [1.807, 2.05) is 13.0 Å². The van der Waals surface area contributed by atoms with E-state index < -0.39 is 6.10 Å². The molecular formula is C24H23ClN4O3. The summed E-state index contributed by atoms with van der Waals surface area (Å²) in [6.45, 7) is 5.31. The molecule has 7 nitrogen and oxygen atoms in total. The third-order valence-electron chi connectivity index (χ3n) is 4.63. The van der Waals surface area contributed by atoms with Gasteiger partial charge in [-0.25, -0.2) is 5.43 Å². The van der Waals surface area contributed by atoms with E-state index >= 15 is 0 Å². The van der Waals surface area contributed by atoms with Crippen LogP contribution < -0.4 is 15.5 Å². The van der Waals surface area contributed by atoms with Gasteiger partial charge in [-0.1, -0.05) is 23.7 Å². The number of ether oxygens (including phenoxy) is 1. The molecule has 2 N–H and O–H groups in total. The molecule has 2 aromatic carbocycles. The van der Waals surface area contributed by atoms with E-state index in [2.05, 4.69) is 20.8 Å². The number of hydrazone groups is 1. The molecule has 164 valence electrons. The highest BCUT2D eigenvalue weighted by molar-refractivity contribution is 6.30. The Morgan fingerprint density at radius 2 is 1.81 bits per heavy atom. The lowest BCUT2D eigenvalue weighted by molar-refractivity contribution is -0.122. The van der Waals surface area contributed by atoms with Gasteiger partial charge in [0.1, 0.15) is 5.75 Å². The summed E-state index contributed by atoms with van der Waals surface area (Å²) in [4.78, 5) is 28.6. The van der Waals surface area contributed by atoms with Crippen LogP contribution in [0.2, 0.25) is 5.02 Å². The molecule has 32 heavy (non-hydrogen) atoms. The molecule has 3 rings (SSSR count). The molecular weight excluding hydrogens is 428 g/mol. The topological polar surface area (TPSA) is 92.7 Å². The van der Waals surface area contributed by atoms with Gasteiger partial charge in [-0.05, 0) is 74.4 Å². The number of nitrogens with zero attached hydrogens (tertiary/aromatic N) is 2. The van der Waals surface area contributed by atoms with Crippen LogP contribution in [0.25, 0.3) is 0 Å². The largest absolute Gasteiger partial charge is 0.481 e. The van der Waals surface area contributed by atoms with Crippen LogP contribution in [0.5, 0.6) is 5.75 Å². The molecule has 0 radical (unpaired) electrons. The van der Waals surface area contributed by atoms with Crippen LogP contribution in [0.3, 0.4) is 0 Å². The second-order valence-electron chi connectivity index (χ2n) is 7.11. The quantitative estimate of drug-likeness (QED) is 0.406. The Hall–Kier alpha value is -3.71. The zero-order valence-corrected chi connectivity index (χ0v) is 18.7. The van der Waals surface area contributed by atoms with Crippen molar-refractivity contribution in [3.05, 3.63) is 88.7 Å². The maximum absolute atomic E-state index is 12.6. The number of halogens is 1. The Bertz CT molecular complexity index is 1150. The van der Waals surface area contributed by atoms with E-state index in [4.69, 9.17) is 16.3 Å². The van der Waals surface area contributed by atoms with Crippen molar-refractivity contribution in [3.63, 3.8) is 0 Å². The molecule has 0 aliphatic heterocycles. The molecule has 1 unspecified atom stereocenters. The van der Waals surface area contributed by atoms with E-state index in [9.17, 15) is 9.59 Å². The minimum atomic E-state index is -0.715. The lowest BCUT2D eigenvalue weighted by Gasteiger charge is -2.16. The molecule has 0 saturated carbocycles. The molecule has 0 fully saturated rings. The number of carbonyl (C=O) groups is 2. The van der Waals surface area contributed by atoms with E-state index in [0.29, 0.717) is 27.7 Å². The predicted octanol–water partition coefficient (Wildman–Crippen LogP) is 4.60. The average molecular weight is 451 g/mol. The highest BCUT2D eigenvalue weighted by atomic mass is 35.5. The third kappa shape index (κ3) is 6.15. The Labute approximate surface area is 191 Å². The standard InChI is InChI=1S/C24H23ClN4O3/c1-15-13-20(25)7-8-22(15)32-17(3)23(30)27-21-6-4-5-19(14-21)16(2)28-29-24(31)18-9-11-26-12-10-18/h4-14,17H,1-3H3,(H,27,30)(H,29,31). The van der Waals surface area contributed by atoms with Gasteiger partial charge in [-0.15, -0.1) is 0 Å². The summed E-state index contributed by atoms with van der Waals surface area (Å²) in [7, 11) is 0. The van der Waals surface area contributed by atoms with Gasteiger partial charge < -0.3 is 10.1 Å². The maximum atomic E-state index is 12.6. The van der Waals surface area contributed by atoms with Gasteiger partial charge in [0.05, 0.1) is 5.71 Å². The van der Waals surface area contributed by atoms with Gasteiger partial charge in [-0.3, -0.25) is 14.6 Å². The number of hydrogen-bond acceptors (Lipinski definition) is 5. The molecule has 0 aliphatic rings. The Kier molecular flexibility index (Phi) is 7.57. The Morgan fingerprint density at radius 3 is 2.53 bits per heavy atom. The molecule has 1 atom stereocenters. The Morgan fingerprint density at radius 1 is 1.06 bits per heavy atom. The lowest BCUT2D eigenvalue weighted by Crippen LogP contribution is -2.30. The van der Waals surface area contributed by atoms with E-state index in [1.54, 1.807) is 62.4 Å². The summed E-state index contributed by atoms with van der Waals surface area (Å²) in [5.41, 5.74) is 5.75. The van der Waals surface area contributed by atoms with Crippen LogP contribution in [0.1, 0.15) is 35.3 Å². The number of aromatic nitrogens is 1. The normalized spacial score (nSPS) is 12.1. The first-order valence-corrected chi connectivity index (χ1v) is 10.3. The predicted molar refractivity (Wildman–Crippen MR) is 125 cm³/mol. The number of benzene rings is 2. The maximum Gasteiger partial charge on any atom is 0.271 e. The van der Waals surface area contributed by atoms with Gasteiger partial charge >= 0.3 is 0 Å². The number of anilines is 1. The molecule has 0 aliphatic carbocycles. The lowest BCUT2D eigenvalue weighted by atomic mass is 10.1. The number of carbonyl (C=O) groups excluding carboxylic acids is 2. The minimum Gasteiger partial charge on any atom is -0.481 e. The third-order valence-corrected chi connectivity index (χ3v) is 4.86. The first kappa shape index (κ1) is 23.0. The fourth-order valence-corrected chi connectivity index (χ4v) is 3.05. The van der Waals surface area contributed by atoms with Gasteiger partial charge in [0.15, 0.2) is 6.10 Å². The van der Waals surface area contributed by atoms with Crippen molar-refractivity contribution in [2.45, 2.75) is 26.9 Å². The van der Waals surface area contributed by atoms with Crippen molar-refractivity contribution in [1.29, 1.82) is 0 Å². The number of rotatable bonds is 7. The van der Waals surface area contributed by atoms with Crippen LogP contribution in [-0.4, -0.2) is 28.6 Å². The molecule has 0 saturated heterocycles. The van der Waals surface area contributed by atoms with Crippen molar-refractivity contribution in [2.75, 3.05) is 5.32 Å². The highest BCUT2D eigenvalue weighted by Gasteiger charge is 2.16. The number of aryl methyl sites for hydroxylation is 1. The number of nitrogens with one attached hydrogen (secondary N) is 2. The zero-order chi connectivity index (χ0) is 23.1. The summed E-state index contributed by atoms with van der Waals surface area (Å²) in [5, 5.41) is 7.60. The van der Waals surface area contributed by atoms with Gasteiger partial charge in [-0.2, -0.15) is 5.10 Å². The van der Waals surface area contributed by atoms with Crippen LogP contribution >= 0.6 is 11.6 Å². The number of amides is 2. The van der Waals surface area contributed by atoms with E-state index in [-0.39, 0.29) is 11.8 Å². The van der Waals surface area contributed by atoms with Gasteiger partial charge in [0, 0.05) is 28.7 Å². The first-order chi connectivity index (χ1) is 15.3. The zero-order valence-electron chi connectivity index (χ0n) is 17.9. The van der Waals surface area contributed by atoms with Crippen LogP contribution in [0.15, 0.2) is 72.1 Å². The van der Waals surface area contributed by atoms with Crippen molar-refractivity contribution in [3.8, 4) is 5.75 Å². The van der Waals surface area contributed by atoms with Crippen molar-refractivity contribution < 1.29 is 14.3 Å². The molecule has 1 heterocycles. The van der Waals surface area contributed by atoms with E-state index in [0.717, 1.165) is 11.1 Å². The van der Waals surface area contributed by atoms with Crippen LogP contribution in [0, 0.1) is 6.92 Å².